The highest BCUT2D eigenvalue weighted by Gasteiger charge is 2.09. The summed E-state index contributed by atoms with van der Waals surface area (Å²) in [5.41, 5.74) is 1.47. The maximum atomic E-state index is 11.7. The van der Waals surface area contributed by atoms with E-state index in [4.69, 9.17) is 11.6 Å². The van der Waals surface area contributed by atoms with Gasteiger partial charge in [0.15, 0.2) is 0 Å². The molecule has 0 radical (unpaired) electrons. The molecular formula is C13H18ClN3O2. The predicted molar refractivity (Wildman–Crippen MR) is 76.5 cm³/mol. The van der Waals surface area contributed by atoms with E-state index in [9.17, 15) is 9.59 Å². The summed E-state index contributed by atoms with van der Waals surface area (Å²) in [5, 5.41) is 5.78. The second-order valence-corrected chi connectivity index (χ2v) is 4.76. The van der Waals surface area contributed by atoms with Gasteiger partial charge in [-0.05, 0) is 18.6 Å². The minimum atomic E-state index is -0.372. The zero-order chi connectivity index (χ0) is 14.4. The van der Waals surface area contributed by atoms with Crippen LogP contribution in [0.5, 0.6) is 0 Å². The Balaban J connectivity index is 2.46. The second-order valence-electron chi connectivity index (χ2n) is 4.35. The zero-order valence-electron chi connectivity index (χ0n) is 11.3. The number of benzene rings is 1. The van der Waals surface area contributed by atoms with Gasteiger partial charge in [-0.1, -0.05) is 23.7 Å². The van der Waals surface area contributed by atoms with Crippen LogP contribution >= 0.6 is 11.6 Å². The van der Waals surface area contributed by atoms with Crippen LogP contribution in [0.15, 0.2) is 18.2 Å². The molecule has 1 aromatic carbocycles. The largest absolute Gasteiger partial charge is 0.349 e. The van der Waals surface area contributed by atoms with Gasteiger partial charge in [0.2, 0.25) is 5.91 Å². The minimum Gasteiger partial charge on any atom is -0.349 e. The number of rotatable bonds is 4. The maximum Gasteiger partial charge on any atom is 0.319 e. The number of nitrogens with one attached hydrogen (secondary N) is 2. The number of aryl methyl sites for hydroxylation is 1. The normalized spacial score (nSPS) is 9.89. The summed E-state index contributed by atoms with van der Waals surface area (Å²) >= 11 is 6.00. The third-order valence-corrected chi connectivity index (χ3v) is 2.90. The summed E-state index contributed by atoms with van der Waals surface area (Å²) in [6.45, 7) is 2.14. The van der Waals surface area contributed by atoms with E-state index in [1.54, 1.807) is 20.2 Å². The van der Waals surface area contributed by atoms with E-state index in [1.165, 1.54) is 4.90 Å². The van der Waals surface area contributed by atoms with Crippen molar-refractivity contribution in [1.29, 1.82) is 0 Å². The van der Waals surface area contributed by atoms with E-state index in [2.05, 4.69) is 10.6 Å². The van der Waals surface area contributed by atoms with Crippen molar-refractivity contribution in [3.63, 3.8) is 0 Å². The molecule has 0 spiro atoms. The first-order valence-electron chi connectivity index (χ1n) is 5.92. The molecule has 104 valence electrons. The first kappa shape index (κ1) is 15.3. The second kappa shape index (κ2) is 6.99. The molecule has 1 aromatic rings. The fourth-order valence-corrected chi connectivity index (χ4v) is 1.72. The Morgan fingerprint density at radius 3 is 2.58 bits per heavy atom. The molecule has 0 saturated heterocycles. The Morgan fingerprint density at radius 1 is 1.32 bits per heavy atom. The molecule has 3 amide bonds. The highest BCUT2D eigenvalue weighted by Crippen LogP contribution is 2.24. The summed E-state index contributed by atoms with van der Waals surface area (Å²) in [7, 11) is 3.35. The molecule has 0 aliphatic rings. The standard InChI is InChI=1S/C13H18ClN3O2/c1-9-5-4-6-10(14)12(9)16-13(19)15-8-7-11(18)17(2)3/h4-6H,7-8H2,1-3H3,(H2,15,16,19). The van der Waals surface area contributed by atoms with E-state index in [0.717, 1.165) is 5.56 Å². The molecular weight excluding hydrogens is 266 g/mol. The molecule has 2 N–H and O–H groups in total. The molecule has 0 heterocycles. The number of para-hydroxylation sites is 1. The lowest BCUT2D eigenvalue weighted by atomic mass is 10.2. The quantitative estimate of drug-likeness (QED) is 0.890. The molecule has 0 aliphatic heterocycles. The molecule has 0 aromatic heterocycles. The van der Waals surface area contributed by atoms with Crippen LogP contribution in [0.3, 0.4) is 0 Å². The maximum absolute atomic E-state index is 11.7. The lowest BCUT2D eigenvalue weighted by Crippen LogP contribution is -2.33. The molecule has 0 saturated carbocycles. The van der Waals surface area contributed by atoms with Crippen molar-refractivity contribution in [3.05, 3.63) is 28.8 Å². The Morgan fingerprint density at radius 2 is 2.00 bits per heavy atom. The first-order valence-corrected chi connectivity index (χ1v) is 6.29. The van der Waals surface area contributed by atoms with Crippen LogP contribution in [0.25, 0.3) is 0 Å². The Hall–Kier alpha value is -1.75. The third-order valence-electron chi connectivity index (χ3n) is 2.58. The highest BCUT2D eigenvalue weighted by atomic mass is 35.5. The van der Waals surface area contributed by atoms with Gasteiger partial charge in [0, 0.05) is 27.1 Å². The fraction of sp³-hybridized carbons (Fsp3) is 0.385. The lowest BCUT2D eigenvalue weighted by molar-refractivity contribution is -0.128. The van der Waals surface area contributed by atoms with Crippen molar-refractivity contribution in [2.45, 2.75) is 13.3 Å². The predicted octanol–water partition coefficient (Wildman–Crippen LogP) is 2.25. The summed E-state index contributed by atoms with van der Waals surface area (Å²) in [6, 6.07) is 5.01. The van der Waals surface area contributed by atoms with Gasteiger partial charge in [-0.15, -0.1) is 0 Å². The van der Waals surface area contributed by atoms with Gasteiger partial charge in [-0.25, -0.2) is 4.79 Å². The van der Waals surface area contributed by atoms with Crippen LogP contribution in [0.4, 0.5) is 10.5 Å². The molecule has 0 aliphatic carbocycles. The first-order chi connectivity index (χ1) is 8.91. The van der Waals surface area contributed by atoms with Crippen LogP contribution in [0.2, 0.25) is 5.02 Å². The molecule has 0 atom stereocenters. The van der Waals surface area contributed by atoms with Crippen LogP contribution in [-0.2, 0) is 4.79 Å². The van der Waals surface area contributed by atoms with Gasteiger partial charge in [-0.2, -0.15) is 0 Å². The number of halogens is 1. The Kier molecular flexibility index (Phi) is 5.63. The minimum absolute atomic E-state index is 0.0331. The van der Waals surface area contributed by atoms with Crippen molar-refractivity contribution in [2.24, 2.45) is 0 Å². The van der Waals surface area contributed by atoms with Gasteiger partial charge < -0.3 is 15.5 Å². The van der Waals surface area contributed by atoms with Crippen molar-refractivity contribution in [1.82, 2.24) is 10.2 Å². The number of hydrogen-bond donors (Lipinski definition) is 2. The van der Waals surface area contributed by atoms with Gasteiger partial charge in [0.05, 0.1) is 10.7 Å². The smallest absolute Gasteiger partial charge is 0.319 e. The molecule has 1 rings (SSSR count). The van der Waals surface area contributed by atoms with Crippen LogP contribution in [0, 0.1) is 6.92 Å². The van der Waals surface area contributed by atoms with Gasteiger partial charge in [-0.3, -0.25) is 4.79 Å². The van der Waals surface area contributed by atoms with Crippen molar-refractivity contribution in [2.75, 3.05) is 26.0 Å². The molecule has 19 heavy (non-hydrogen) atoms. The zero-order valence-corrected chi connectivity index (χ0v) is 12.0. The highest BCUT2D eigenvalue weighted by molar-refractivity contribution is 6.33. The van der Waals surface area contributed by atoms with Crippen molar-refractivity contribution >= 4 is 29.2 Å². The van der Waals surface area contributed by atoms with E-state index in [-0.39, 0.29) is 24.9 Å². The fourth-order valence-electron chi connectivity index (χ4n) is 1.45. The summed E-state index contributed by atoms with van der Waals surface area (Å²) in [4.78, 5) is 24.5. The van der Waals surface area contributed by atoms with E-state index in [0.29, 0.717) is 10.7 Å². The lowest BCUT2D eigenvalue weighted by Gasteiger charge is -2.12. The van der Waals surface area contributed by atoms with Crippen LogP contribution in [0.1, 0.15) is 12.0 Å². The SMILES string of the molecule is Cc1cccc(Cl)c1NC(=O)NCCC(=O)N(C)C. The number of anilines is 1. The van der Waals surface area contributed by atoms with Gasteiger partial charge in [0.1, 0.15) is 0 Å². The molecule has 6 heteroatoms. The van der Waals surface area contributed by atoms with Gasteiger partial charge in [0.25, 0.3) is 0 Å². The van der Waals surface area contributed by atoms with Gasteiger partial charge >= 0.3 is 6.03 Å². The van der Waals surface area contributed by atoms with E-state index >= 15 is 0 Å². The van der Waals surface area contributed by atoms with E-state index < -0.39 is 0 Å². The molecule has 0 fully saturated rings. The monoisotopic (exact) mass is 283 g/mol. The topological polar surface area (TPSA) is 61.4 Å². The number of nitrogens with zero attached hydrogens (tertiary/aromatic N) is 1. The number of carbonyl (C=O) groups is 2. The third kappa shape index (κ3) is 4.79. The molecule has 0 bridgehead atoms. The summed E-state index contributed by atoms with van der Waals surface area (Å²) in [5.74, 6) is -0.0331. The van der Waals surface area contributed by atoms with Crippen molar-refractivity contribution < 1.29 is 9.59 Å². The van der Waals surface area contributed by atoms with Crippen LogP contribution < -0.4 is 10.6 Å². The molecule has 5 nitrogen and oxygen atoms in total. The Labute approximate surface area is 117 Å². The average molecular weight is 284 g/mol. The number of urea groups is 1. The van der Waals surface area contributed by atoms with E-state index in [1.807, 2.05) is 19.1 Å². The number of amides is 3. The summed E-state index contributed by atoms with van der Waals surface area (Å²) < 4.78 is 0. The molecule has 0 unspecified atom stereocenters. The van der Waals surface area contributed by atoms with Crippen LogP contribution in [-0.4, -0.2) is 37.5 Å². The van der Waals surface area contributed by atoms with Crippen molar-refractivity contribution in [3.8, 4) is 0 Å². The summed E-state index contributed by atoms with van der Waals surface area (Å²) in [6.07, 6.45) is 0.266. The number of hydrogen-bond acceptors (Lipinski definition) is 2. The Bertz CT molecular complexity index is 455. The number of carbonyl (C=O) groups excluding carboxylic acids is 2. The average Bonchev–Trinajstić information content (AvgIpc) is 2.33.